The zero-order valence-corrected chi connectivity index (χ0v) is 8.40. The van der Waals surface area contributed by atoms with Gasteiger partial charge in [0.25, 0.3) is 5.92 Å². The number of halogens is 2. The highest BCUT2D eigenvalue weighted by Gasteiger charge is 2.73. The molecule has 0 heterocycles. The molecule has 0 aromatic carbocycles. The Balaban J connectivity index is 1.95. The lowest BCUT2D eigenvalue weighted by molar-refractivity contribution is 0.0549. The first-order valence-electron chi connectivity index (χ1n) is 5.01. The first-order chi connectivity index (χ1) is 5.85. The summed E-state index contributed by atoms with van der Waals surface area (Å²) in [6.07, 6.45) is 1.28. The second-order valence-corrected chi connectivity index (χ2v) is 5.16. The van der Waals surface area contributed by atoms with Gasteiger partial charge in [0.05, 0.1) is 0 Å². The zero-order chi connectivity index (χ0) is 9.85. The van der Waals surface area contributed by atoms with E-state index in [0.29, 0.717) is 18.9 Å². The van der Waals surface area contributed by atoms with Gasteiger partial charge in [0.2, 0.25) is 0 Å². The third kappa shape index (κ3) is 1.37. The van der Waals surface area contributed by atoms with Crippen molar-refractivity contribution in [2.75, 3.05) is 0 Å². The van der Waals surface area contributed by atoms with Crippen molar-refractivity contribution in [3.8, 4) is 0 Å². The molecule has 1 nitrogen and oxygen atoms in total. The lowest BCUT2D eigenvalue weighted by Gasteiger charge is -2.31. The molecule has 2 unspecified atom stereocenters. The third-order valence-corrected chi connectivity index (χ3v) is 3.34. The fourth-order valence-corrected chi connectivity index (χ4v) is 2.89. The Morgan fingerprint density at radius 3 is 2.08 bits per heavy atom. The van der Waals surface area contributed by atoms with E-state index in [0.717, 1.165) is 0 Å². The van der Waals surface area contributed by atoms with Crippen LogP contribution in [-0.4, -0.2) is 17.5 Å². The van der Waals surface area contributed by atoms with E-state index in [4.69, 9.17) is 0 Å². The molecule has 2 saturated carbocycles. The van der Waals surface area contributed by atoms with Gasteiger partial charge in [0, 0.05) is 23.4 Å². The predicted octanol–water partition coefficient (Wildman–Crippen LogP) is 2.42. The minimum atomic E-state index is -2.34. The Labute approximate surface area is 77.9 Å². The van der Waals surface area contributed by atoms with Gasteiger partial charge in [-0.2, -0.15) is 0 Å². The van der Waals surface area contributed by atoms with Gasteiger partial charge in [0.15, 0.2) is 0 Å². The normalized spacial score (nSPS) is 46.6. The summed E-state index contributed by atoms with van der Waals surface area (Å²) in [6.45, 7) is 6.19. The molecule has 0 aromatic rings. The van der Waals surface area contributed by atoms with Gasteiger partial charge in [-0.05, 0) is 19.8 Å². The average molecular weight is 189 g/mol. The van der Waals surface area contributed by atoms with Crippen molar-refractivity contribution >= 4 is 0 Å². The van der Waals surface area contributed by atoms with E-state index in [-0.39, 0.29) is 17.4 Å². The van der Waals surface area contributed by atoms with Gasteiger partial charge < -0.3 is 5.32 Å². The Kier molecular flexibility index (Phi) is 1.76. The van der Waals surface area contributed by atoms with Gasteiger partial charge in [-0.15, -0.1) is 0 Å². The molecule has 2 aliphatic carbocycles. The number of fused-ring (bicyclic) bond motifs is 1. The molecule has 2 rings (SSSR count). The molecule has 0 bridgehead atoms. The molecule has 0 radical (unpaired) electrons. The van der Waals surface area contributed by atoms with Crippen LogP contribution in [0.1, 0.15) is 33.6 Å². The van der Waals surface area contributed by atoms with Crippen LogP contribution < -0.4 is 5.32 Å². The predicted molar refractivity (Wildman–Crippen MR) is 47.8 cm³/mol. The van der Waals surface area contributed by atoms with Gasteiger partial charge in [-0.25, -0.2) is 8.78 Å². The summed E-state index contributed by atoms with van der Waals surface area (Å²) >= 11 is 0. The zero-order valence-electron chi connectivity index (χ0n) is 8.40. The molecule has 0 spiro atoms. The summed E-state index contributed by atoms with van der Waals surface area (Å²) in [5.74, 6) is -2.99. The summed E-state index contributed by atoms with van der Waals surface area (Å²) in [6, 6.07) is 0.385. The van der Waals surface area contributed by atoms with Crippen LogP contribution in [0.5, 0.6) is 0 Å². The fraction of sp³-hybridized carbons (Fsp3) is 1.00. The Morgan fingerprint density at radius 1 is 1.23 bits per heavy atom. The van der Waals surface area contributed by atoms with E-state index in [1.807, 2.05) is 0 Å². The summed E-state index contributed by atoms with van der Waals surface area (Å²) in [5, 5.41) is 3.38. The standard InChI is InChI=1S/C10H17F2N/c1-6(2)13-9(3)4-7-8(5-9)10(7,11)12/h6-8,13H,4-5H2,1-3H3. The molecule has 0 aliphatic heterocycles. The highest BCUT2D eigenvalue weighted by molar-refractivity contribution is 5.17. The molecule has 76 valence electrons. The van der Waals surface area contributed by atoms with Crippen LogP contribution >= 0.6 is 0 Å². The molecule has 3 heteroatoms. The largest absolute Gasteiger partial charge is 0.309 e. The van der Waals surface area contributed by atoms with Gasteiger partial charge >= 0.3 is 0 Å². The van der Waals surface area contributed by atoms with E-state index in [9.17, 15) is 8.78 Å². The Morgan fingerprint density at radius 2 is 1.69 bits per heavy atom. The van der Waals surface area contributed by atoms with Gasteiger partial charge in [-0.1, -0.05) is 13.8 Å². The van der Waals surface area contributed by atoms with Crippen molar-refractivity contribution in [2.24, 2.45) is 11.8 Å². The van der Waals surface area contributed by atoms with Crippen LogP contribution in [0.2, 0.25) is 0 Å². The molecule has 13 heavy (non-hydrogen) atoms. The van der Waals surface area contributed by atoms with Crippen molar-refractivity contribution in [1.29, 1.82) is 0 Å². The van der Waals surface area contributed by atoms with Crippen molar-refractivity contribution in [3.63, 3.8) is 0 Å². The minimum absolute atomic E-state index is 0.0365. The van der Waals surface area contributed by atoms with Crippen molar-refractivity contribution in [1.82, 2.24) is 5.32 Å². The maximum absolute atomic E-state index is 12.9. The molecule has 0 aromatic heterocycles. The lowest BCUT2D eigenvalue weighted by Crippen LogP contribution is -2.46. The molecular weight excluding hydrogens is 172 g/mol. The smallest absolute Gasteiger partial charge is 0.254 e. The van der Waals surface area contributed by atoms with E-state index in [1.165, 1.54) is 0 Å². The first-order valence-corrected chi connectivity index (χ1v) is 5.01. The van der Waals surface area contributed by atoms with Crippen LogP contribution in [0.4, 0.5) is 8.78 Å². The number of alkyl halides is 2. The fourth-order valence-electron chi connectivity index (χ4n) is 2.89. The van der Waals surface area contributed by atoms with Crippen LogP contribution in [-0.2, 0) is 0 Å². The molecule has 2 aliphatic rings. The van der Waals surface area contributed by atoms with E-state index in [1.54, 1.807) is 0 Å². The number of nitrogens with one attached hydrogen (secondary N) is 1. The third-order valence-electron chi connectivity index (χ3n) is 3.34. The SMILES string of the molecule is CC(C)NC1(C)CC2C(C1)C2(F)F. The van der Waals surface area contributed by atoms with Crippen molar-refractivity contribution in [3.05, 3.63) is 0 Å². The highest BCUT2D eigenvalue weighted by Crippen LogP contribution is 2.66. The maximum Gasteiger partial charge on any atom is 0.254 e. The molecule has 1 N–H and O–H groups in total. The topological polar surface area (TPSA) is 12.0 Å². The maximum atomic E-state index is 12.9. The van der Waals surface area contributed by atoms with Crippen molar-refractivity contribution < 1.29 is 8.78 Å². The van der Waals surface area contributed by atoms with E-state index in [2.05, 4.69) is 26.1 Å². The van der Waals surface area contributed by atoms with Crippen LogP contribution in [0.15, 0.2) is 0 Å². The number of rotatable bonds is 2. The second-order valence-electron chi connectivity index (χ2n) is 5.16. The van der Waals surface area contributed by atoms with Crippen LogP contribution in [0.3, 0.4) is 0 Å². The van der Waals surface area contributed by atoms with Crippen molar-refractivity contribution in [2.45, 2.75) is 51.1 Å². The van der Waals surface area contributed by atoms with Crippen LogP contribution in [0.25, 0.3) is 0 Å². The number of hydrogen-bond donors (Lipinski definition) is 1. The lowest BCUT2D eigenvalue weighted by atomic mass is 9.94. The Hall–Kier alpha value is -0.180. The number of hydrogen-bond acceptors (Lipinski definition) is 1. The summed E-state index contributed by atoms with van der Waals surface area (Å²) in [4.78, 5) is 0. The van der Waals surface area contributed by atoms with Crippen LogP contribution in [0, 0.1) is 11.8 Å². The van der Waals surface area contributed by atoms with E-state index >= 15 is 0 Å². The summed E-state index contributed by atoms with van der Waals surface area (Å²) in [5.41, 5.74) is -0.0365. The average Bonchev–Trinajstić information content (AvgIpc) is 2.39. The summed E-state index contributed by atoms with van der Waals surface area (Å²) in [7, 11) is 0. The highest BCUT2D eigenvalue weighted by atomic mass is 19.3. The first kappa shape index (κ1) is 9.38. The molecular formula is C10H17F2N. The molecule has 0 saturated heterocycles. The summed E-state index contributed by atoms with van der Waals surface area (Å²) < 4.78 is 25.8. The quantitative estimate of drug-likeness (QED) is 0.703. The minimum Gasteiger partial charge on any atom is -0.309 e. The molecule has 0 amide bonds. The van der Waals surface area contributed by atoms with Gasteiger partial charge in [-0.3, -0.25) is 0 Å². The molecule has 2 fully saturated rings. The monoisotopic (exact) mass is 189 g/mol. The Bertz CT molecular complexity index is 211. The molecule has 2 atom stereocenters. The van der Waals surface area contributed by atoms with Gasteiger partial charge in [0.1, 0.15) is 0 Å². The second kappa shape index (κ2) is 2.44. The van der Waals surface area contributed by atoms with E-state index < -0.39 is 5.92 Å².